The van der Waals surface area contributed by atoms with E-state index in [9.17, 15) is 9.59 Å². The van der Waals surface area contributed by atoms with Crippen molar-refractivity contribution in [2.45, 2.75) is 57.7 Å². The highest BCUT2D eigenvalue weighted by Crippen LogP contribution is 2.27. The topological polar surface area (TPSA) is 58.6 Å². The lowest BCUT2D eigenvalue weighted by molar-refractivity contribution is -0.143. The van der Waals surface area contributed by atoms with Gasteiger partial charge in [0.25, 0.3) is 5.91 Å². The summed E-state index contributed by atoms with van der Waals surface area (Å²) in [6.45, 7) is 2.02. The van der Waals surface area contributed by atoms with Crippen LogP contribution in [0.2, 0.25) is 10.0 Å². The van der Waals surface area contributed by atoms with Crippen molar-refractivity contribution in [2.24, 2.45) is 0 Å². The number of amides is 2. The molecular weight excluding hydrogens is 435 g/mol. The fourth-order valence-electron chi connectivity index (χ4n) is 3.88. The van der Waals surface area contributed by atoms with E-state index in [4.69, 9.17) is 27.9 Å². The molecule has 1 fully saturated rings. The number of hydrogen-bond acceptors (Lipinski definition) is 3. The molecule has 2 aromatic carbocycles. The quantitative estimate of drug-likeness (QED) is 0.554. The van der Waals surface area contributed by atoms with Gasteiger partial charge in [-0.1, -0.05) is 73.3 Å². The van der Waals surface area contributed by atoms with Gasteiger partial charge in [-0.15, -0.1) is 0 Å². The molecule has 0 aliphatic heterocycles. The highest BCUT2D eigenvalue weighted by Gasteiger charge is 2.30. The predicted octanol–water partition coefficient (Wildman–Crippen LogP) is 5.24. The molecule has 1 N–H and O–H groups in total. The van der Waals surface area contributed by atoms with Crippen LogP contribution in [0.3, 0.4) is 0 Å². The third-order valence-corrected chi connectivity index (χ3v) is 6.06. The van der Waals surface area contributed by atoms with Gasteiger partial charge >= 0.3 is 0 Å². The van der Waals surface area contributed by atoms with Crippen LogP contribution in [0.4, 0.5) is 0 Å². The first-order valence-electron chi connectivity index (χ1n) is 10.7. The highest BCUT2D eigenvalue weighted by atomic mass is 35.5. The average molecular weight is 463 g/mol. The van der Waals surface area contributed by atoms with Crippen molar-refractivity contribution in [2.75, 3.05) is 6.61 Å². The zero-order chi connectivity index (χ0) is 22.2. The fourth-order valence-corrected chi connectivity index (χ4v) is 4.34. The molecule has 1 unspecified atom stereocenters. The van der Waals surface area contributed by atoms with Crippen molar-refractivity contribution >= 4 is 35.0 Å². The first kappa shape index (κ1) is 23.4. The Labute approximate surface area is 193 Å². The number of hydrogen-bond donors (Lipinski definition) is 1. The van der Waals surface area contributed by atoms with Gasteiger partial charge in [0.2, 0.25) is 5.91 Å². The predicted molar refractivity (Wildman–Crippen MR) is 123 cm³/mol. The Balaban J connectivity index is 1.74. The standard InChI is InChI=1S/C24H28Cl2N2O3/c1-2-21(24(30)27-19-10-6-7-11-19)28(15-17-8-4-3-5-9-17)23(29)16-31-22-13-12-18(25)14-20(22)26/h3-5,8-9,12-14,19,21H,2,6-7,10-11,15-16H2,1H3,(H,27,30). The van der Waals surface area contributed by atoms with Gasteiger partial charge in [-0.05, 0) is 43.0 Å². The van der Waals surface area contributed by atoms with Crippen LogP contribution in [0.1, 0.15) is 44.6 Å². The van der Waals surface area contributed by atoms with E-state index in [1.807, 2.05) is 37.3 Å². The Morgan fingerprint density at radius 3 is 2.48 bits per heavy atom. The second kappa shape index (κ2) is 11.4. The largest absolute Gasteiger partial charge is 0.482 e. The van der Waals surface area contributed by atoms with E-state index in [1.165, 1.54) is 0 Å². The summed E-state index contributed by atoms with van der Waals surface area (Å²) in [5, 5.41) is 3.95. The van der Waals surface area contributed by atoms with Crippen LogP contribution in [0.5, 0.6) is 5.75 Å². The van der Waals surface area contributed by atoms with Crippen molar-refractivity contribution in [3.8, 4) is 5.75 Å². The van der Waals surface area contributed by atoms with Crippen molar-refractivity contribution in [3.05, 3.63) is 64.1 Å². The molecule has 2 aromatic rings. The first-order chi connectivity index (χ1) is 15.0. The van der Waals surface area contributed by atoms with E-state index in [0.29, 0.717) is 28.8 Å². The maximum absolute atomic E-state index is 13.2. The maximum atomic E-state index is 13.2. The van der Waals surface area contributed by atoms with Gasteiger partial charge < -0.3 is 15.0 Å². The minimum atomic E-state index is -0.572. The Bertz CT molecular complexity index is 886. The number of ether oxygens (including phenoxy) is 1. The van der Waals surface area contributed by atoms with Gasteiger partial charge in [-0.2, -0.15) is 0 Å². The van der Waals surface area contributed by atoms with E-state index < -0.39 is 6.04 Å². The number of rotatable bonds is 9. The number of halogens is 2. The molecule has 0 spiro atoms. The van der Waals surface area contributed by atoms with Gasteiger partial charge in [-0.25, -0.2) is 0 Å². The highest BCUT2D eigenvalue weighted by molar-refractivity contribution is 6.35. The molecule has 1 aliphatic carbocycles. The number of nitrogens with zero attached hydrogens (tertiary/aromatic N) is 1. The van der Waals surface area contributed by atoms with Gasteiger partial charge in [-0.3, -0.25) is 9.59 Å². The summed E-state index contributed by atoms with van der Waals surface area (Å²) in [6, 6.07) is 14.1. The molecule has 1 aliphatic rings. The summed E-state index contributed by atoms with van der Waals surface area (Å²) in [5.74, 6) is -0.00553. The summed E-state index contributed by atoms with van der Waals surface area (Å²) in [4.78, 5) is 27.8. The van der Waals surface area contributed by atoms with Crippen LogP contribution in [0.25, 0.3) is 0 Å². The van der Waals surface area contributed by atoms with Crippen LogP contribution in [-0.4, -0.2) is 35.4 Å². The van der Waals surface area contributed by atoms with Crippen LogP contribution >= 0.6 is 23.2 Å². The first-order valence-corrected chi connectivity index (χ1v) is 11.4. The molecule has 0 saturated heterocycles. The van der Waals surface area contributed by atoms with Crippen LogP contribution in [0, 0.1) is 0 Å². The van der Waals surface area contributed by atoms with Crippen LogP contribution < -0.4 is 10.1 Å². The second-order valence-electron chi connectivity index (χ2n) is 7.78. The van der Waals surface area contributed by atoms with Gasteiger partial charge in [0.05, 0.1) is 5.02 Å². The number of carbonyl (C=O) groups is 2. The monoisotopic (exact) mass is 462 g/mol. The van der Waals surface area contributed by atoms with E-state index in [2.05, 4.69) is 5.32 Å². The SMILES string of the molecule is CCC(C(=O)NC1CCCC1)N(Cc1ccccc1)C(=O)COc1ccc(Cl)cc1Cl. The summed E-state index contributed by atoms with van der Waals surface area (Å²) in [7, 11) is 0. The minimum absolute atomic E-state index is 0.108. The van der Waals surface area contributed by atoms with Crippen molar-refractivity contribution < 1.29 is 14.3 Å². The molecule has 7 heteroatoms. The van der Waals surface area contributed by atoms with E-state index in [-0.39, 0.29) is 24.5 Å². The summed E-state index contributed by atoms with van der Waals surface area (Å²) < 4.78 is 5.67. The lowest BCUT2D eigenvalue weighted by atomic mass is 10.1. The molecule has 0 aromatic heterocycles. The van der Waals surface area contributed by atoms with Crippen molar-refractivity contribution in [1.29, 1.82) is 0 Å². The lowest BCUT2D eigenvalue weighted by Crippen LogP contribution is -2.52. The maximum Gasteiger partial charge on any atom is 0.261 e. The summed E-state index contributed by atoms with van der Waals surface area (Å²) in [6.07, 6.45) is 4.76. The van der Waals surface area contributed by atoms with Gasteiger partial charge in [0.1, 0.15) is 11.8 Å². The second-order valence-corrected chi connectivity index (χ2v) is 8.63. The van der Waals surface area contributed by atoms with Crippen LogP contribution in [0.15, 0.2) is 48.5 Å². The summed E-state index contributed by atoms with van der Waals surface area (Å²) in [5.41, 5.74) is 0.951. The lowest BCUT2D eigenvalue weighted by Gasteiger charge is -2.31. The molecule has 0 radical (unpaired) electrons. The fraction of sp³-hybridized carbons (Fsp3) is 0.417. The third-order valence-electron chi connectivity index (χ3n) is 5.53. The molecule has 1 atom stereocenters. The van der Waals surface area contributed by atoms with E-state index in [0.717, 1.165) is 31.2 Å². The summed E-state index contributed by atoms with van der Waals surface area (Å²) >= 11 is 12.1. The van der Waals surface area contributed by atoms with Gasteiger partial charge in [0.15, 0.2) is 6.61 Å². The smallest absolute Gasteiger partial charge is 0.261 e. The Morgan fingerprint density at radius 1 is 1.13 bits per heavy atom. The zero-order valence-corrected chi connectivity index (χ0v) is 19.2. The van der Waals surface area contributed by atoms with E-state index in [1.54, 1.807) is 23.1 Å². The molecular formula is C24H28Cl2N2O3. The third kappa shape index (κ3) is 6.62. The minimum Gasteiger partial charge on any atom is -0.482 e. The normalized spacial score (nSPS) is 14.8. The number of benzene rings is 2. The van der Waals surface area contributed by atoms with Crippen molar-refractivity contribution in [3.63, 3.8) is 0 Å². The Hall–Kier alpha value is -2.24. The molecule has 0 heterocycles. The molecule has 3 rings (SSSR count). The molecule has 1 saturated carbocycles. The Morgan fingerprint density at radius 2 is 1.84 bits per heavy atom. The molecule has 5 nitrogen and oxygen atoms in total. The molecule has 0 bridgehead atoms. The van der Waals surface area contributed by atoms with Crippen molar-refractivity contribution in [1.82, 2.24) is 10.2 Å². The Kier molecular flexibility index (Phi) is 8.61. The van der Waals surface area contributed by atoms with E-state index >= 15 is 0 Å². The van der Waals surface area contributed by atoms with Crippen LogP contribution in [-0.2, 0) is 16.1 Å². The number of nitrogens with one attached hydrogen (secondary N) is 1. The number of carbonyl (C=O) groups excluding carboxylic acids is 2. The molecule has 31 heavy (non-hydrogen) atoms. The molecule has 2 amide bonds. The average Bonchev–Trinajstić information content (AvgIpc) is 3.26. The zero-order valence-electron chi connectivity index (χ0n) is 17.7. The molecule has 166 valence electrons. The van der Waals surface area contributed by atoms with Gasteiger partial charge in [0, 0.05) is 17.6 Å².